The number of aromatic nitrogens is 2. The summed E-state index contributed by atoms with van der Waals surface area (Å²) in [4.78, 5) is 18.3. The molecular formula is C18H21N3O4. The lowest BCUT2D eigenvalue weighted by Crippen LogP contribution is -2.45. The van der Waals surface area contributed by atoms with Crippen LogP contribution in [-0.2, 0) is 17.8 Å². The zero-order chi connectivity index (χ0) is 17.4. The highest BCUT2D eigenvalue weighted by Crippen LogP contribution is 2.38. The smallest absolute Gasteiger partial charge is 0.231 e. The lowest BCUT2D eigenvalue weighted by atomic mass is 9.76. The van der Waals surface area contributed by atoms with Gasteiger partial charge < -0.3 is 18.9 Å². The standard InChI is InChI=1S/C18H21N3O4/c1-12-19-16(20-25-12)9-21-10-18(2,6-5-17(21)22)8-13-3-4-14-15(7-13)24-11-23-14/h3-4,7H,5-6,8-11H2,1-2H3/t18-/m1/s1. The molecule has 3 heterocycles. The highest BCUT2D eigenvalue weighted by atomic mass is 16.7. The van der Waals surface area contributed by atoms with Crippen LogP contribution in [0.15, 0.2) is 22.7 Å². The summed E-state index contributed by atoms with van der Waals surface area (Å²) in [5.74, 6) is 2.81. The molecule has 0 N–H and O–H groups in total. The third kappa shape index (κ3) is 3.31. The van der Waals surface area contributed by atoms with Gasteiger partial charge in [0.05, 0.1) is 6.54 Å². The van der Waals surface area contributed by atoms with E-state index in [1.807, 2.05) is 17.0 Å². The van der Waals surface area contributed by atoms with Crippen molar-refractivity contribution in [1.82, 2.24) is 15.0 Å². The van der Waals surface area contributed by atoms with E-state index in [1.165, 1.54) is 5.56 Å². The Morgan fingerprint density at radius 2 is 2.12 bits per heavy atom. The molecule has 7 nitrogen and oxygen atoms in total. The number of fused-ring (bicyclic) bond motifs is 1. The number of hydrogen-bond donors (Lipinski definition) is 0. The van der Waals surface area contributed by atoms with Gasteiger partial charge in [0.2, 0.25) is 18.6 Å². The lowest BCUT2D eigenvalue weighted by molar-refractivity contribution is -0.138. The van der Waals surface area contributed by atoms with Gasteiger partial charge >= 0.3 is 0 Å². The van der Waals surface area contributed by atoms with E-state index in [2.05, 4.69) is 23.1 Å². The summed E-state index contributed by atoms with van der Waals surface area (Å²) in [5, 5.41) is 3.90. The van der Waals surface area contributed by atoms with Crippen molar-refractivity contribution >= 4 is 5.91 Å². The highest BCUT2D eigenvalue weighted by molar-refractivity contribution is 5.77. The first-order valence-corrected chi connectivity index (χ1v) is 8.46. The van der Waals surface area contributed by atoms with Crippen molar-refractivity contribution in [2.24, 2.45) is 5.41 Å². The van der Waals surface area contributed by atoms with Gasteiger partial charge in [0.1, 0.15) is 0 Å². The van der Waals surface area contributed by atoms with Crippen LogP contribution in [0.1, 0.15) is 37.0 Å². The largest absolute Gasteiger partial charge is 0.454 e. The lowest BCUT2D eigenvalue weighted by Gasteiger charge is -2.40. The molecule has 1 saturated heterocycles. The molecular weight excluding hydrogens is 322 g/mol. The normalized spacial score (nSPS) is 22.5. The molecule has 0 radical (unpaired) electrons. The van der Waals surface area contributed by atoms with Gasteiger partial charge in [-0.05, 0) is 36.0 Å². The molecule has 2 aliphatic rings. The van der Waals surface area contributed by atoms with Crippen molar-refractivity contribution in [3.8, 4) is 11.5 Å². The molecule has 2 aromatic rings. The average Bonchev–Trinajstić information content (AvgIpc) is 3.19. The van der Waals surface area contributed by atoms with Crippen molar-refractivity contribution < 1.29 is 18.8 Å². The Kier molecular flexibility index (Phi) is 3.86. The van der Waals surface area contributed by atoms with Crippen LogP contribution in [0, 0.1) is 12.3 Å². The second-order valence-electron chi connectivity index (χ2n) is 7.15. The second kappa shape index (κ2) is 6.06. The number of ether oxygens (including phenoxy) is 2. The summed E-state index contributed by atoms with van der Waals surface area (Å²) in [6.07, 6.45) is 2.28. The molecule has 7 heteroatoms. The van der Waals surface area contributed by atoms with Crippen molar-refractivity contribution in [3.63, 3.8) is 0 Å². The SMILES string of the molecule is Cc1nc(CN2C[C@@](C)(Cc3ccc4c(c3)OCO4)CCC2=O)no1. The fraction of sp³-hybridized carbons (Fsp3) is 0.500. The second-order valence-corrected chi connectivity index (χ2v) is 7.15. The van der Waals surface area contributed by atoms with E-state index >= 15 is 0 Å². The molecule has 1 amide bonds. The minimum Gasteiger partial charge on any atom is -0.454 e. The Morgan fingerprint density at radius 3 is 2.92 bits per heavy atom. The fourth-order valence-corrected chi connectivity index (χ4v) is 3.60. The molecule has 0 saturated carbocycles. The van der Waals surface area contributed by atoms with Crippen LogP contribution in [-0.4, -0.2) is 34.3 Å². The Balaban J connectivity index is 1.48. The van der Waals surface area contributed by atoms with Gasteiger partial charge in [-0.1, -0.05) is 18.1 Å². The number of likely N-dealkylation sites (tertiary alicyclic amines) is 1. The van der Waals surface area contributed by atoms with E-state index in [4.69, 9.17) is 14.0 Å². The topological polar surface area (TPSA) is 77.7 Å². The number of aryl methyl sites for hydroxylation is 1. The zero-order valence-corrected chi connectivity index (χ0v) is 14.4. The number of benzene rings is 1. The maximum Gasteiger partial charge on any atom is 0.231 e. The Hall–Kier alpha value is -2.57. The van der Waals surface area contributed by atoms with E-state index < -0.39 is 0 Å². The third-order valence-corrected chi connectivity index (χ3v) is 4.84. The van der Waals surface area contributed by atoms with Crippen LogP contribution in [0.4, 0.5) is 0 Å². The van der Waals surface area contributed by atoms with E-state index in [-0.39, 0.29) is 18.1 Å². The zero-order valence-electron chi connectivity index (χ0n) is 14.4. The van der Waals surface area contributed by atoms with Gasteiger partial charge in [0.25, 0.3) is 0 Å². The van der Waals surface area contributed by atoms with E-state index in [0.29, 0.717) is 31.2 Å². The highest BCUT2D eigenvalue weighted by Gasteiger charge is 2.35. The van der Waals surface area contributed by atoms with Crippen LogP contribution in [0.3, 0.4) is 0 Å². The number of nitrogens with zero attached hydrogens (tertiary/aromatic N) is 3. The molecule has 1 aromatic heterocycles. The predicted molar refractivity (Wildman–Crippen MR) is 88.1 cm³/mol. The maximum atomic E-state index is 12.3. The van der Waals surface area contributed by atoms with Crippen LogP contribution in [0.5, 0.6) is 11.5 Å². The van der Waals surface area contributed by atoms with Crippen molar-refractivity contribution in [2.75, 3.05) is 13.3 Å². The first-order chi connectivity index (χ1) is 12.0. The molecule has 1 aromatic carbocycles. The van der Waals surface area contributed by atoms with Crippen LogP contribution in [0.25, 0.3) is 0 Å². The van der Waals surface area contributed by atoms with Crippen LogP contribution >= 0.6 is 0 Å². The number of piperidine rings is 1. The maximum absolute atomic E-state index is 12.3. The fourth-order valence-electron chi connectivity index (χ4n) is 3.60. The van der Waals surface area contributed by atoms with Crippen molar-refractivity contribution in [3.05, 3.63) is 35.5 Å². The number of rotatable bonds is 4. The molecule has 0 spiro atoms. The Labute approximate surface area is 145 Å². The van der Waals surface area contributed by atoms with E-state index in [1.54, 1.807) is 6.92 Å². The molecule has 2 aliphatic heterocycles. The number of carbonyl (C=O) groups is 1. The summed E-state index contributed by atoms with van der Waals surface area (Å²) in [6, 6.07) is 6.06. The van der Waals surface area contributed by atoms with E-state index in [9.17, 15) is 4.79 Å². The third-order valence-electron chi connectivity index (χ3n) is 4.84. The first-order valence-electron chi connectivity index (χ1n) is 8.46. The van der Waals surface area contributed by atoms with Gasteiger partial charge in [0, 0.05) is 19.9 Å². The summed E-state index contributed by atoms with van der Waals surface area (Å²) in [5.41, 5.74) is 1.19. The molecule has 4 rings (SSSR count). The summed E-state index contributed by atoms with van der Waals surface area (Å²) >= 11 is 0. The molecule has 1 fully saturated rings. The van der Waals surface area contributed by atoms with Crippen molar-refractivity contribution in [1.29, 1.82) is 0 Å². The summed E-state index contributed by atoms with van der Waals surface area (Å²) in [7, 11) is 0. The quantitative estimate of drug-likeness (QED) is 0.849. The number of carbonyl (C=O) groups excluding carboxylic acids is 1. The van der Waals surface area contributed by atoms with Crippen molar-refractivity contribution in [2.45, 2.75) is 39.7 Å². The molecule has 0 bridgehead atoms. The summed E-state index contributed by atoms with van der Waals surface area (Å²) < 4.78 is 15.8. The van der Waals surface area contributed by atoms with Gasteiger partial charge in [-0.25, -0.2) is 0 Å². The average molecular weight is 343 g/mol. The number of hydrogen-bond acceptors (Lipinski definition) is 6. The van der Waals surface area contributed by atoms with Crippen LogP contribution < -0.4 is 9.47 Å². The van der Waals surface area contributed by atoms with Gasteiger partial charge in [-0.2, -0.15) is 4.98 Å². The van der Waals surface area contributed by atoms with Gasteiger partial charge in [-0.15, -0.1) is 0 Å². The van der Waals surface area contributed by atoms with Gasteiger partial charge in [0.15, 0.2) is 17.3 Å². The molecule has 1 atom stereocenters. The Bertz CT molecular complexity index is 803. The monoisotopic (exact) mass is 343 g/mol. The minimum absolute atomic E-state index is 0.000385. The van der Waals surface area contributed by atoms with E-state index in [0.717, 1.165) is 24.3 Å². The molecule has 0 unspecified atom stereocenters. The first kappa shape index (κ1) is 15.9. The molecule has 0 aliphatic carbocycles. The number of amides is 1. The predicted octanol–water partition coefficient (Wildman–Crippen LogP) is 2.48. The molecule has 25 heavy (non-hydrogen) atoms. The minimum atomic E-state index is 0.000385. The Morgan fingerprint density at radius 1 is 1.28 bits per heavy atom. The molecule has 132 valence electrons. The van der Waals surface area contributed by atoms with Gasteiger partial charge in [-0.3, -0.25) is 4.79 Å². The van der Waals surface area contributed by atoms with Crippen LogP contribution in [0.2, 0.25) is 0 Å². The summed E-state index contributed by atoms with van der Waals surface area (Å²) in [6.45, 7) is 5.32.